The van der Waals surface area contributed by atoms with Crippen molar-refractivity contribution >= 4 is 28.9 Å². The molecule has 2 atom stereocenters. The van der Waals surface area contributed by atoms with E-state index in [-0.39, 0.29) is 23.2 Å². The first-order chi connectivity index (χ1) is 22.0. The number of nitrogens with one attached hydrogen (secondary N) is 2. The summed E-state index contributed by atoms with van der Waals surface area (Å²) in [5, 5.41) is 6.25. The van der Waals surface area contributed by atoms with Gasteiger partial charge in [0.2, 0.25) is 5.91 Å². The minimum Gasteiger partial charge on any atom is -0.382 e. The summed E-state index contributed by atoms with van der Waals surface area (Å²) >= 11 is 0. The maximum atomic E-state index is 15.3. The van der Waals surface area contributed by atoms with Crippen LogP contribution in [0.25, 0.3) is 0 Å². The van der Waals surface area contributed by atoms with Crippen LogP contribution < -0.4 is 15.5 Å². The lowest BCUT2D eigenvalue weighted by Gasteiger charge is -2.42. The van der Waals surface area contributed by atoms with Gasteiger partial charge in [0.1, 0.15) is 5.82 Å². The molecular weight excluding hydrogens is 594 g/mol. The van der Waals surface area contributed by atoms with Crippen molar-refractivity contribution in [3.05, 3.63) is 124 Å². The number of benzene rings is 4. The first kappa shape index (κ1) is 31.3. The Morgan fingerprint density at radius 3 is 2.22 bits per heavy atom. The van der Waals surface area contributed by atoms with E-state index in [2.05, 4.69) is 10.6 Å². The zero-order chi connectivity index (χ0) is 32.6. The van der Waals surface area contributed by atoms with Gasteiger partial charge in [-0.25, -0.2) is 4.39 Å². The lowest BCUT2D eigenvalue weighted by atomic mass is 9.80. The lowest BCUT2D eigenvalue weighted by molar-refractivity contribution is -0.138. The van der Waals surface area contributed by atoms with Gasteiger partial charge >= 0.3 is 6.18 Å². The number of amides is 2. The number of nitrogens with zero attached hydrogens (tertiary/aromatic N) is 1. The highest BCUT2D eigenvalue weighted by Crippen LogP contribution is 2.44. The molecule has 6 rings (SSSR count). The number of alkyl halides is 3. The summed E-state index contributed by atoms with van der Waals surface area (Å²) in [6.07, 6.45) is 0.141. The monoisotopic (exact) mass is 629 g/mol. The van der Waals surface area contributed by atoms with Gasteiger partial charge in [-0.05, 0) is 91.8 Å². The smallest absolute Gasteiger partial charge is 0.382 e. The van der Waals surface area contributed by atoms with Crippen molar-refractivity contribution in [1.29, 1.82) is 0 Å². The number of para-hydroxylation sites is 1. The highest BCUT2D eigenvalue weighted by atomic mass is 19.4. The van der Waals surface area contributed by atoms with E-state index in [1.807, 2.05) is 30.3 Å². The van der Waals surface area contributed by atoms with Crippen molar-refractivity contribution in [3.8, 4) is 0 Å². The molecule has 4 aromatic rings. The van der Waals surface area contributed by atoms with Crippen molar-refractivity contribution in [2.45, 2.75) is 64.2 Å². The van der Waals surface area contributed by atoms with Gasteiger partial charge in [-0.3, -0.25) is 14.5 Å². The molecule has 0 aromatic heterocycles. The van der Waals surface area contributed by atoms with Gasteiger partial charge in [0.15, 0.2) is 0 Å². The van der Waals surface area contributed by atoms with Crippen molar-refractivity contribution in [3.63, 3.8) is 0 Å². The fraction of sp³-hybridized carbons (Fsp3) is 0.297. The van der Waals surface area contributed by atoms with Gasteiger partial charge < -0.3 is 10.6 Å². The molecule has 0 spiro atoms. The fourth-order valence-corrected chi connectivity index (χ4v) is 6.80. The molecule has 0 radical (unpaired) electrons. The van der Waals surface area contributed by atoms with E-state index < -0.39 is 41.3 Å². The predicted octanol–water partition coefficient (Wildman–Crippen LogP) is 9.01. The SMILES string of the molecule is Cc1ccc(NC(=O)C2Cc3ccccc3N(C(=O)c3c(C)cccc3F)[C@H]2c2ccc(NC3CCCC3)cc2)cc1C(F)(F)F. The van der Waals surface area contributed by atoms with Gasteiger partial charge in [0.05, 0.1) is 23.1 Å². The van der Waals surface area contributed by atoms with E-state index in [9.17, 15) is 22.8 Å². The Labute approximate surface area is 265 Å². The van der Waals surface area contributed by atoms with Crippen LogP contribution in [0, 0.1) is 25.6 Å². The molecule has 1 heterocycles. The summed E-state index contributed by atoms with van der Waals surface area (Å²) in [5.74, 6) is -2.74. The summed E-state index contributed by atoms with van der Waals surface area (Å²) in [6.45, 7) is 3.02. The minimum atomic E-state index is -4.59. The topological polar surface area (TPSA) is 61.4 Å². The summed E-state index contributed by atoms with van der Waals surface area (Å²) in [5.41, 5.74) is 2.35. The quantitative estimate of drug-likeness (QED) is 0.209. The van der Waals surface area contributed by atoms with Crippen LogP contribution in [0.2, 0.25) is 0 Å². The first-order valence-corrected chi connectivity index (χ1v) is 15.5. The molecule has 1 saturated carbocycles. The second-order valence-electron chi connectivity index (χ2n) is 12.3. The van der Waals surface area contributed by atoms with Crippen LogP contribution in [0.3, 0.4) is 0 Å². The van der Waals surface area contributed by atoms with Gasteiger partial charge in [0.25, 0.3) is 5.91 Å². The zero-order valence-electron chi connectivity index (χ0n) is 25.6. The van der Waals surface area contributed by atoms with Gasteiger partial charge in [-0.1, -0.05) is 61.4 Å². The van der Waals surface area contributed by atoms with E-state index in [1.54, 1.807) is 31.2 Å². The minimum absolute atomic E-state index is 0.000491. The second-order valence-corrected chi connectivity index (χ2v) is 12.3. The molecule has 9 heteroatoms. The molecule has 0 saturated heterocycles. The molecule has 1 unspecified atom stereocenters. The third-order valence-electron chi connectivity index (χ3n) is 9.13. The Kier molecular flexibility index (Phi) is 8.59. The van der Waals surface area contributed by atoms with Crippen LogP contribution in [-0.4, -0.2) is 17.9 Å². The highest BCUT2D eigenvalue weighted by molar-refractivity contribution is 6.09. The third-order valence-corrected chi connectivity index (χ3v) is 9.13. The van der Waals surface area contributed by atoms with Crippen molar-refractivity contribution in [2.24, 2.45) is 5.92 Å². The molecule has 2 aliphatic rings. The maximum Gasteiger partial charge on any atom is 0.416 e. The number of carbonyl (C=O) groups is 2. The Balaban J connectivity index is 1.44. The van der Waals surface area contributed by atoms with E-state index in [4.69, 9.17) is 0 Å². The molecule has 1 aliphatic carbocycles. The molecule has 46 heavy (non-hydrogen) atoms. The Morgan fingerprint density at radius 2 is 1.52 bits per heavy atom. The summed E-state index contributed by atoms with van der Waals surface area (Å²) < 4.78 is 56.4. The molecule has 0 bridgehead atoms. The molecule has 1 fully saturated rings. The van der Waals surface area contributed by atoms with E-state index in [0.29, 0.717) is 28.4 Å². The van der Waals surface area contributed by atoms with Crippen LogP contribution >= 0.6 is 0 Å². The summed E-state index contributed by atoms with van der Waals surface area (Å²) in [7, 11) is 0. The van der Waals surface area contributed by atoms with Crippen LogP contribution in [0.5, 0.6) is 0 Å². The average molecular weight is 630 g/mol. The van der Waals surface area contributed by atoms with Crippen molar-refractivity contribution < 1.29 is 27.2 Å². The van der Waals surface area contributed by atoms with Crippen LogP contribution in [-0.2, 0) is 17.4 Å². The molecule has 2 amide bonds. The molecule has 238 valence electrons. The number of anilines is 3. The zero-order valence-corrected chi connectivity index (χ0v) is 25.6. The highest BCUT2D eigenvalue weighted by Gasteiger charge is 2.43. The molecule has 4 aromatic carbocycles. The Morgan fingerprint density at radius 1 is 0.826 bits per heavy atom. The lowest BCUT2D eigenvalue weighted by Crippen LogP contribution is -2.47. The van der Waals surface area contributed by atoms with Crippen LogP contribution in [0.4, 0.5) is 34.6 Å². The third kappa shape index (κ3) is 6.23. The number of rotatable bonds is 6. The molecular formula is C37H35F4N3O2. The molecule has 1 aliphatic heterocycles. The number of halogens is 4. The fourth-order valence-electron chi connectivity index (χ4n) is 6.80. The number of aryl methyl sites for hydroxylation is 2. The Hall–Kier alpha value is -4.66. The van der Waals surface area contributed by atoms with Crippen molar-refractivity contribution in [2.75, 3.05) is 15.5 Å². The second kappa shape index (κ2) is 12.6. The van der Waals surface area contributed by atoms with Crippen LogP contribution in [0.15, 0.2) is 84.9 Å². The van der Waals surface area contributed by atoms with Gasteiger partial charge in [-0.15, -0.1) is 0 Å². The summed E-state index contributed by atoms with van der Waals surface area (Å²) in [4.78, 5) is 30.0. The predicted molar refractivity (Wildman–Crippen MR) is 171 cm³/mol. The normalized spacial score (nSPS) is 18.3. The van der Waals surface area contributed by atoms with E-state index in [0.717, 1.165) is 24.6 Å². The molecule has 5 nitrogen and oxygen atoms in total. The Bertz CT molecular complexity index is 1740. The largest absolute Gasteiger partial charge is 0.416 e. The number of carbonyl (C=O) groups excluding carboxylic acids is 2. The summed E-state index contributed by atoms with van der Waals surface area (Å²) in [6, 6.07) is 22.3. The number of hydrogen-bond donors (Lipinski definition) is 2. The van der Waals surface area contributed by atoms with E-state index in [1.165, 1.54) is 48.9 Å². The number of hydrogen-bond acceptors (Lipinski definition) is 3. The van der Waals surface area contributed by atoms with Gasteiger partial charge in [-0.2, -0.15) is 13.2 Å². The molecule has 2 N–H and O–H groups in total. The standard InChI is InChI=1S/C37H35F4N3O2/c1-22-14-17-28(21-30(22)37(39,40)41)43-35(45)29-20-25-9-3-6-13-32(25)44(36(46)33-23(2)8-7-12-31(33)38)34(29)24-15-18-27(19-16-24)42-26-10-4-5-11-26/h3,6-9,12-19,21,26,29,34,42H,4-5,10-11,20H2,1-2H3,(H,43,45)/t29?,34-/m0/s1. The average Bonchev–Trinajstić information content (AvgIpc) is 3.54. The van der Waals surface area contributed by atoms with Crippen molar-refractivity contribution in [1.82, 2.24) is 0 Å². The van der Waals surface area contributed by atoms with Crippen LogP contribution in [0.1, 0.15) is 69.9 Å². The maximum absolute atomic E-state index is 15.3. The van der Waals surface area contributed by atoms with E-state index >= 15 is 4.39 Å². The first-order valence-electron chi connectivity index (χ1n) is 15.5. The van der Waals surface area contributed by atoms with Gasteiger partial charge in [0, 0.05) is 23.1 Å². The number of fused-ring (bicyclic) bond motifs is 1.